The van der Waals surface area contributed by atoms with Crippen molar-refractivity contribution in [2.24, 2.45) is 17.8 Å². The van der Waals surface area contributed by atoms with E-state index in [0.717, 1.165) is 23.4 Å². The molecule has 1 aromatic heterocycles. The Morgan fingerprint density at radius 1 is 0.929 bits per heavy atom. The summed E-state index contributed by atoms with van der Waals surface area (Å²) in [6.45, 7) is 0. The van der Waals surface area contributed by atoms with Crippen LogP contribution in [0.2, 0.25) is 0 Å². The molecule has 0 atom stereocenters. The number of nitrogens with one attached hydrogen (secondary N) is 3. The highest BCUT2D eigenvalue weighted by Gasteiger charge is 2.51. The smallest absolute Gasteiger partial charge is 0.271 e. The second kappa shape index (κ2) is 6.92. The van der Waals surface area contributed by atoms with Gasteiger partial charge in [0.2, 0.25) is 0 Å². The first-order valence-corrected chi connectivity index (χ1v) is 10.6. The van der Waals surface area contributed by atoms with Crippen molar-refractivity contribution in [1.29, 1.82) is 0 Å². The van der Waals surface area contributed by atoms with Crippen molar-refractivity contribution >= 4 is 23.2 Å². The highest BCUT2D eigenvalue weighted by Crippen LogP contribution is 2.55. The average molecular weight is 395 g/mol. The Labute approximate surface area is 170 Å². The summed E-state index contributed by atoms with van der Waals surface area (Å²) in [5.41, 5.74) is 7.29. The molecule has 2 aromatic rings. The predicted octanol–water partition coefficient (Wildman–Crippen LogP) is 3.56. The molecule has 28 heavy (non-hydrogen) atoms. The Morgan fingerprint density at radius 2 is 1.54 bits per heavy atom. The van der Waals surface area contributed by atoms with Gasteiger partial charge in [-0.3, -0.25) is 15.6 Å². The number of carbonyl (C=O) groups is 1. The van der Waals surface area contributed by atoms with Gasteiger partial charge in [0, 0.05) is 17.9 Å². The highest BCUT2D eigenvalue weighted by molar-refractivity contribution is 7.80. The summed E-state index contributed by atoms with van der Waals surface area (Å²) < 4.78 is 1.93. The van der Waals surface area contributed by atoms with Gasteiger partial charge in [0.1, 0.15) is 0 Å². The summed E-state index contributed by atoms with van der Waals surface area (Å²) in [5, 5.41) is 4.10. The van der Waals surface area contributed by atoms with Crippen LogP contribution in [0.4, 0.5) is 0 Å². The van der Waals surface area contributed by atoms with Gasteiger partial charge >= 0.3 is 0 Å². The third-order valence-electron chi connectivity index (χ3n) is 6.74. The van der Waals surface area contributed by atoms with E-state index in [1.807, 2.05) is 53.4 Å². The SMILES string of the molecule is O=C(NNC(=S)NC12CC3CC(CC(C3)C1)C2)c1ccccc1-n1cccc1. The molecule has 4 bridgehead atoms. The van der Waals surface area contributed by atoms with Gasteiger partial charge in [-0.2, -0.15) is 0 Å². The molecule has 4 saturated carbocycles. The number of nitrogens with zero attached hydrogens (tertiary/aromatic N) is 1. The summed E-state index contributed by atoms with van der Waals surface area (Å²) in [7, 11) is 0. The fraction of sp³-hybridized carbons (Fsp3) is 0.455. The second-order valence-electron chi connectivity index (χ2n) is 8.84. The highest BCUT2D eigenvalue weighted by atomic mass is 32.1. The molecule has 3 N–H and O–H groups in total. The van der Waals surface area contributed by atoms with Crippen LogP contribution in [0.25, 0.3) is 5.69 Å². The number of hydrogen-bond donors (Lipinski definition) is 3. The van der Waals surface area contributed by atoms with Crippen molar-refractivity contribution in [2.75, 3.05) is 0 Å². The van der Waals surface area contributed by atoms with Gasteiger partial charge < -0.3 is 9.88 Å². The maximum atomic E-state index is 12.8. The normalized spacial score (nSPS) is 30.1. The van der Waals surface area contributed by atoms with Gasteiger partial charge in [0.25, 0.3) is 5.91 Å². The number of thiocarbonyl (C=S) groups is 1. The molecular weight excluding hydrogens is 368 g/mol. The monoisotopic (exact) mass is 394 g/mol. The lowest BCUT2D eigenvalue weighted by Gasteiger charge is -2.57. The molecule has 0 spiro atoms. The largest absolute Gasteiger partial charge is 0.356 e. The quantitative estimate of drug-likeness (QED) is 0.550. The van der Waals surface area contributed by atoms with Gasteiger partial charge in [-0.05, 0) is 92.8 Å². The van der Waals surface area contributed by atoms with Crippen LogP contribution >= 0.6 is 12.2 Å². The maximum absolute atomic E-state index is 12.8. The summed E-state index contributed by atoms with van der Waals surface area (Å²) in [4.78, 5) is 12.8. The molecule has 4 aliphatic rings. The molecule has 4 aliphatic carbocycles. The Bertz CT molecular complexity index is 856. The molecule has 6 heteroatoms. The zero-order chi connectivity index (χ0) is 19.1. The van der Waals surface area contributed by atoms with Crippen LogP contribution < -0.4 is 16.2 Å². The van der Waals surface area contributed by atoms with Gasteiger partial charge in [-0.1, -0.05) is 12.1 Å². The Kier molecular flexibility index (Phi) is 4.38. The number of carbonyl (C=O) groups excluding carboxylic acids is 1. The molecule has 6 rings (SSSR count). The van der Waals surface area contributed by atoms with Crippen molar-refractivity contribution in [1.82, 2.24) is 20.7 Å². The number of benzene rings is 1. The summed E-state index contributed by atoms with van der Waals surface area (Å²) in [5.74, 6) is 2.36. The molecule has 146 valence electrons. The van der Waals surface area contributed by atoms with Crippen molar-refractivity contribution in [3.63, 3.8) is 0 Å². The topological polar surface area (TPSA) is 58.1 Å². The minimum absolute atomic E-state index is 0.132. The zero-order valence-corrected chi connectivity index (χ0v) is 16.7. The fourth-order valence-corrected chi connectivity index (χ4v) is 6.37. The molecule has 0 saturated heterocycles. The van der Waals surface area contributed by atoms with Gasteiger partial charge in [-0.15, -0.1) is 0 Å². The van der Waals surface area contributed by atoms with Gasteiger partial charge in [0.05, 0.1) is 11.3 Å². The predicted molar refractivity (Wildman–Crippen MR) is 113 cm³/mol. The van der Waals surface area contributed by atoms with Crippen LogP contribution in [0.3, 0.4) is 0 Å². The first-order valence-electron chi connectivity index (χ1n) is 10.2. The van der Waals surface area contributed by atoms with E-state index in [9.17, 15) is 4.79 Å². The van der Waals surface area contributed by atoms with E-state index in [4.69, 9.17) is 12.2 Å². The van der Waals surface area contributed by atoms with Gasteiger partial charge in [-0.25, -0.2) is 0 Å². The molecule has 0 unspecified atom stereocenters. The molecule has 1 aromatic carbocycles. The minimum atomic E-state index is -0.195. The fourth-order valence-electron chi connectivity index (χ4n) is 6.10. The van der Waals surface area contributed by atoms with Crippen LogP contribution in [-0.4, -0.2) is 21.1 Å². The average Bonchev–Trinajstić information content (AvgIpc) is 3.19. The van der Waals surface area contributed by atoms with Crippen LogP contribution in [-0.2, 0) is 0 Å². The van der Waals surface area contributed by atoms with E-state index in [2.05, 4.69) is 16.2 Å². The lowest BCUT2D eigenvalue weighted by molar-refractivity contribution is -0.0102. The Balaban J connectivity index is 1.23. The second-order valence-corrected chi connectivity index (χ2v) is 9.25. The third kappa shape index (κ3) is 3.30. The molecule has 4 fully saturated rings. The van der Waals surface area contributed by atoms with E-state index in [0.29, 0.717) is 10.7 Å². The van der Waals surface area contributed by atoms with Crippen LogP contribution in [0.5, 0.6) is 0 Å². The third-order valence-corrected chi connectivity index (χ3v) is 6.94. The minimum Gasteiger partial charge on any atom is -0.356 e. The van der Waals surface area contributed by atoms with Crippen LogP contribution in [0.1, 0.15) is 48.9 Å². The van der Waals surface area contributed by atoms with E-state index in [1.165, 1.54) is 38.5 Å². The van der Waals surface area contributed by atoms with E-state index < -0.39 is 0 Å². The first-order chi connectivity index (χ1) is 13.6. The lowest BCUT2D eigenvalue weighted by atomic mass is 9.53. The van der Waals surface area contributed by atoms with Gasteiger partial charge in [0.15, 0.2) is 5.11 Å². The standard InChI is InChI=1S/C22H26N4OS/c27-20(18-5-1-2-6-19(18)26-7-3-4-8-26)24-25-21(28)23-22-12-15-9-16(13-22)11-17(10-15)14-22/h1-8,15-17H,9-14H2,(H,24,27)(H2,23,25,28). The number of para-hydroxylation sites is 1. The van der Waals surface area contributed by atoms with E-state index in [1.54, 1.807) is 0 Å². The maximum Gasteiger partial charge on any atom is 0.271 e. The number of rotatable bonds is 3. The van der Waals surface area contributed by atoms with Crippen molar-refractivity contribution in [2.45, 2.75) is 44.1 Å². The number of aromatic nitrogens is 1. The first kappa shape index (κ1) is 17.7. The summed E-state index contributed by atoms with van der Waals surface area (Å²) >= 11 is 5.53. The van der Waals surface area contributed by atoms with Crippen LogP contribution in [0.15, 0.2) is 48.8 Å². The molecule has 1 heterocycles. The van der Waals surface area contributed by atoms with E-state index in [-0.39, 0.29) is 11.4 Å². The van der Waals surface area contributed by atoms with E-state index >= 15 is 0 Å². The molecule has 0 radical (unpaired) electrons. The molecule has 1 amide bonds. The number of amides is 1. The lowest BCUT2D eigenvalue weighted by Crippen LogP contribution is -2.62. The van der Waals surface area contributed by atoms with Crippen molar-refractivity contribution in [3.8, 4) is 5.69 Å². The van der Waals surface area contributed by atoms with Crippen LogP contribution in [0, 0.1) is 17.8 Å². The summed E-state index contributed by atoms with van der Waals surface area (Å²) in [6, 6.07) is 11.4. The number of hydrogen-bond acceptors (Lipinski definition) is 2. The van der Waals surface area contributed by atoms with Crippen molar-refractivity contribution in [3.05, 3.63) is 54.4 Å². The number of hydrazine groups is 1. The summed E-state index contributed by atoms with van der Waals surface area (Å²) in [6.07, 6.45) is 11.7. The Hall–Kier alpha value is -2.34. The zero-order valence-electron chi connectivity index (χ0n) is 15.9. The molecule has 5 nitrogen and oxygen atoms in total. The van der Waals surface area contributed by atoms with Crippen molar-refractivity contribution < 1.29 is 4.79 Å². The molecular formula is C22H26N4OS. The molecule has 0 aliphatic heterocycles. The Morgan fingerprint density at radius 3 is 2.18 bits per heavy atom.